The van der Waals surface area contributed by atoms with E-state index in [0.717, 1.165) is 0 Å². The van der Waals surface area contributed by atoms with Gasteiger partial charge in [-0.15, -0.1) is 0 Å². The normalized spacial score (nSPS) is 23.6. The number of ether oxygens (including phenoxy) is 2. The van der Waals surface area contributed by atoms with E-state index in [4.69, 9.17) is 15.2 Å². The molecule has 0 spiro atoms. The van der Waals surface area contributed by atoms with Crippen LogP contribution in [0.5, 0.6) is 0 Å². The maximum absolute atomic E-state index is 12.1. The standard InChI is InChI=1S/C11H17N3O4S/c1-17-11(4-6-18-8-11)7-14-19(15,16)9-3-2-5-13-10(9)12/h2-3,5,14H,4,6-8H2,1H3,(H2,12,13). The number of aromatic nitrogens is 1. The van der Waals surface area contributed by atoms with Crippen LogP contribution in [-0.4, -0.2) is 45.9 Å². The van der Waals surface area contributed by atoms with Crippen LogP contribution in [0.25, 0.3) is 0 Å². The van der Waals surface area contributed by atoms with Gasteiger partial charge < -0.3 is 15.2 Å². The van der Waals surface area contributed by atoms with Crippen LogP contribution in [0.4, 0.5) is 5.82 Å². The highest BCUT2D eigenvalue weighted by Gasteiger charge is 2.36. The molecule has 0 bridgehead atoms. The molecule has 2 rings (SSSR count). The Morgan fingerprint density at radius 1 is 1.63 bits per heavy atom. The van der Waals surface area contributed by atoms with Crippen molar-refractivity contribution in [3.63, 3.8) is 0 Å². The number of sulfonamides is 1. The second kappa shape index (κ2) is 5.41. The molecule has 1 aliphatic rings. The molecule has 0 saturated carbocycles. The molecule has 0 aliphatic carbocycles. The number of hydrogen-bond acceptors (Lipinski definition) is 6. The second-order valence-electron chi connectivity index (χ2n) is 4.40. The first-order valence-corrected chi connectivity index (χ1v) is 7.30. The van der Waals surface area contributed by atoms with Crippen LogP contribution in [-0.2, 0) is 19.5 Å². The predicted octanol–water partition coefficient (Wildman–Crippen LogP) is -0.252. The number of hydrogen-bond donors (Lipinski definition) is 2. The molecule has 2 heterocycles. The number of nitrogens with zero attached hydrogens (tertiary/aromatic N) is 1. The average molecular weight is 287 g/mol. The molecule has 1 saturated heterocycles. The number of nitrogen functional groups attached to an aromatic ring is 1. The Balaban J connectivity index is 2.12. The Morgan fingerprint density at radius 2 is 2.42 bits per heavy atom. The molecule has 0 aromatic carbocycles. The maximum Gasteiger partial charge on any atom is 0.244 e. The summed E-state index contributed by atoms with van der Waals surface area (Å²) in [6, 6.07) is 2.94. The van der Waals surface area contributed by atoms with Gasteiger partial charge in [-0.3, -0.25) is 0 Å². The Hall–Kier alpha value is -1.22. The highest BCUT2D eigenvalue weighted by Crippen LogP contribution is 2.23. The quantitative estimate of drug-likeness (QED) is 0.774. The summed E-state index contributed by atoms with van der Waals surface area (Å²) in [6.07, 6.45) is 2.09. The van der Waals surface area contributed by atoms with Crippen LogP contribution in [0.15, 0.2) is 23.2 Å². The number of nitrogens with one attached hydrogen (secondary N) is 1. The maximum atomic E-state index is 12.1. The van der Waals surface area contributed by atoms with Crippen LogP contribution in [0, 0.1) is 0 Å². The Kier molecular flexibility index (Phi) is 4.04. The van der Waals surface area contributed by atoms with Gasteiger partial charge in [0.25, 0.3) is 0 Å². The van der Waals surface area contributed by atoms with Crippen molar-refractivity contribution in [2.75, 3.05) is 32.6 Å². The third kappa shape index (κ3) is 3.03. The van der Waals surface area contributed by atoms with Crippen molar-refractivity contribution in [1.29, 1.82) is 0 Å². The fourth-order valence-electron chi connectivity index (χ4n) is 1.90. The third-order valence-corrected chi connectivity index (χ3v) is 4.62. The number of rotatable bonds is 5. The first-order chi connectivity index (χ1) is 8.99. The minimum absolute atomic E-state index is 0.0239. The first-order valence-electron chi connectivity index (χ1n) is 5.82. The van der Waals surface area contributed by atoms with Gasteiger partial charge in [-0.2, -0.15) is 0 Å². The molecule has 1 aliphatic heterocycles. The Morgan fingerprint density at radius 3 is 3.00 bits per heavy atom. The Labute approximate surface area is 112 Å². The minimum Gasteiger partial charge on any atom is -0.383 e. The van der Waals surface area contributed by atoms with Crippen LogP contribution in [0.3, 0.4) is 0 Å². The van der Waals surface area contributed by atoms with Gasteiger partial charge in [-0.25, -0.2) is 18.1 Å². The van der Waals surface area contributed by atoms with Crippen molar-refractivity contribution in [2.45, 2.75) is 16.9 Å². The zero-order valence-electron chi connectivity index (χ0n) is 10.6. The molecule has 1 fully saturated rings. The molecule has 1 aromatic heterocycles. The van der Waals surface area contributed by atoms with Gasteiger partial charge in [-0.1, -0.05) is 0 Å². The summed E-state index contributed by atoms with van der Waals surface area (Å²) in [4.78, 5) is 3.74. The van der Waals surface area contributed by atoms with E-state index in [1.807, 2.05) is 0 Å². The molecule has 106 valence electrons. The number of anilines is 1. The summed E-state index contributed by atoms with van der Waals surface area (Å²) in [5.74, 6) is -0.0239. The molecule has 1 unspecified atom stereocenters. The van der Waals surface area contributed by atoms with Gasteiger partial charge >= 0.3 is 0 Å². The lowest BCUT2D eigenvalue weighted by Crippen LogP contribution is -2.45. The number of pyridine rings is 1. The van der Waals surface area contributed by atoms with E-state index in [2.05, 4.69) is 9.71 Å². The molecule has 1 atom stereocenters. The molecule has 7 nitrogen and oxygen atoms in total. The fraction of sp³-hybridized carbons (Fsp3) is 0.545. The summed E-state index contributed by atoms with van der Waals surface area (Å²) >= 11 is 0. The van der Waals surface area contributed by atoms with Gasteiger partial charge in [0.05, 0.1) is 6.61 Å². The molecule has 8 heteroatoms. The molecule has 3 N–H and O–H groups in total. The van der Waals surface area contributed by atoms with Crippen LogP contribution in [0.2, 0.25) is 0 Å². The van der Waals surface area contributed by atoms with Gasteiger partial charge in [-0.05, 0) is 12.1 Å². The van der Waals surface area contributed by atoms with E-state index in [9.17, 15) is 8.42 Å². The van der Waals surface area contributed by atoms with E-state index in [0.29, 0.717) is 19.6 Å². The lowest BCUT2D eigenvalue weighted by atomic mass is 10.0. The molecule has 19 heavy (non-hydrogen) atoms. The highest BCUT2D eigenvalue weighted by molar-refractivity contribution is 7.89. The number of nitrogens with two attached hydrogens (primary N) is 1. The second-order valence-corrected chi connectivity index (χ2v) is 6.14. The zero-order valence-corrected chi connectivity index (χ0v) is 11.4. The van der Waals surface area contributed by atoms with Crippen LogP contribution < -0.4 is 10.5 Å². The topological polar surface area (TPSA) is 104 Å². The lowest BCUT2D eigenvalue weighted by Gasteiger charge is -2.25. The van der Waals surface area contributed by atoms with E-state index in [1.54, 1.807) is 7.11 Å². The average Bonchev–Trinajstić information content (AvgIpc) is 2.86. The summed E-state index contributed by atoms with van der Waals surface area (Å²) in [6.45, 7) is 1.07. The van der Waals surface area contributed by atoms with Gasteiger partial charge in [0.15, 0.2) is 0 Å². The van der Waals surface area contributed by atoms with E-state index < -0.39 is 15.6 Å². The highest BCUT2D eigenvalue weighted by atomic mass is 32.2. The molecule has 0 amide bonds. The summed E-state index contributed by atoms with van der Waals surface area (Å²) in [5.41, 5.74) is 4.96. The first kappa shape index (κ1) is 14.2. The van der Waals surface area contributed by atoms with Crippen LogP contribution >= 0.6 is 0 Å². The number of methoxy groups -OCH3 is 1. The third-order valence-electron chi connectivity index (χ3n) is 3.17. The summed E-state index contributed by atoms with van der Waals surface area (Å²) in [7, 11) is -2.16. The summed E-state index contributed by atoms with van der Waals surface area (Å²) in [5, 5.41) is 0. The fourth-order valence-corrected chi connectivity index (χ4v) is 3.09. The van der Waals surface area contributed by atoms with Crippen LogP contribution in [0.1, 0.15) is 6.42 Å². The van der Waals surface area contributed by atoms with E-state index in [-0.39, 0.29) is 17.3 Å². The van der Waals surface area contributed by atoms with Gasteiger partial charge in [0.2, 0.25) is 10.0 Å². The summed E-state index contributed by atoms with van der Waals surface area (Å²) < 4.78 is 37.4. The zero-order chi connectivity index (χ0) is 13.9. The largest absolute Gasteiger partial charge is 0.383 e. The molecule has 1 aromatic rings. The van der Waals surface area contributed by atoms with Crippen molar-refractivity contribution in [2.24, 2.45) is 0 Å². The van der Waals surface area contributed by atoms with Crippen molar-refractivity contribution >= 4 is 15.8 Å². The van der Waals surface area contributed by atoms with Crippen molar-refractivity contribution < 1.29 is 17.9 Å². The van der Waals surface area contributed by atoms with Crippen molar-refractivity contribution in [1.82, 2.24) is 9.71 Å². The lowest BCUT2D eigenvalue weighted by molar-refractivity contribution is -0.0120. The van der Waals surface area contributed by atoms with Crippen molar-refractivity contribution in [3.05, 3.63) is 18.3 Å². The smallest absolute Gasteiger partial charge is 0.244 e. The minimum atomic E-state index is -3.70. The van der Waals surface area contributed by atoms with Crippen molar-refractivity contribution in [3.8, 4) is 0 Å². The SMILES string of the molecule is COC1(CNS(=O)(=O)c2cccnc2N)CCOC1. The molecular formula is C11H17N3O4S. The predicted molar refractivity (Wildman–Crippen MR) is 69.0 cm³/mol. The van der Waals surface area contributed by atoms with E-state index >= 15 is 0 Å². The molecular weight excluding hydrogens is 270 g/mol. The Bertz CT molecular complexity index is 541. The molecule has 0 radical (unpaired) electrons. The van der Waals surface area contributed by atoms with Gasteiger partial charge in [0, 0.05) is 32.9 Å². The van der Waals surface area contributed by atoms with Gasteiger partial charge in [0.1, 0.15) is 16.3 Å². The van der Waals surface area contributed by atoms with E-state index in [1.165, 1.54) is 18.3 Å². The monoisotopic (exact) mass is 287 g/mol.